The number of fused-ring (bicyclic) bond motifs is 1. The van der Waals surface area contributed by atoms with Gasteiger partial charge in [-0.2, -0.15) is 0 Å². The predicted molar refractivity (Wildman–Crippen MR) is 138 cm³/mol. The maximum absolute atomic E-state index is 13.4. The van der Waals surface area contributed by atoms with Crippen LogP contribution < -0.4 is 9.64 Å². The number of aliphatic hydroxyl groups excluding tert-OH is 1. The second kappa shape index (κ2) is 9.00. The molecule has 1 aliphatic heterocycles. The molecule has 3 aromatic carbocycles. The van der Waals surface area contributed by atoms with Crippen LogP contribution in [0.15, 0.2) is 72.3 Å². The molecular formula is C28H24N2O4S. The van der Waals surface area contributed by atoms with Crippen molar-refractivity contribution in [1.82, 2.24) is 4.98 Å². The molecule has 2 heterocycles. The first-order valence-corrected chi connectivity index (χ1v) is 12.1. The normalized spacial score (nSPS) is 17.3. The zero-order valence-electron chi connectivity index (χ0n) is 19.6. The third-order valence-electron chi connectivity index (χ3n) is 6.26. The number of aryl methyl sites for hydroxylation is 2. The number of hydrogen-bond donors (Lipinski definition) is 1. The van der Waals surface area contributed by atoms with E-state index in [9.17, 15) is 14.7 Å². The number of nitrogens with zero attached hydrogens (tertiary/aromatic N) is 2. The van der Waals surface area contributed by atoms with Crippen LogP contribution >= 0.6 is 11.3 Å². The van der Waals surface area contributed by atoms with Crippen LogP contribution in [0.4, 0.5) is 5.13 Å². The number of hydrogen-bond acceptors (Lipinski definition) is 6. The van der Waals surface area contributed by atoms with E-state index in [-0.39, 0.29) is 11.3 Å². The minimum atomic E-state index is -0.826. The molecule has 0 bridgehead atoms. The van der Waals surface area contributed by atoms with Crippen LogP contribution in [-0.4, -0.2) is 28.9 Å². The molecule has 0 saturated carbocycles. The van der Waals surface area contributed by atoms with E-state index in [1.165, 1.54) is 21.8 Å². The SMILES string of the molecule is CCc1ccc2nc(N3C(=O)C(=O)/C(=C(/O)c4ccc(C)cc4)[C@H]3c3ccc(OC)cc3)sc2c1. The number of aliphatic hydroxyl groups is 1. The molecule has 1 saturated heterocycles. The molecular weight excluding hydrogens is 460 g/mol. The molecule has 1 amide bonds. The third kappa shape index (κ3) is 3.98. The Balaban J connectivity index is 1.70. The largest absolute Gasteiger partial charge is 0.507 e. The molecule has 0 aliphatic carbocycles. The van der Waals surface area contributed by atoms with Gasteiger partial charge in [-0.05, 0) is 48.7 Å². The number of anilines is 1. The highest BCUT2D eigenvalue weighted by molar-refractivity contribution is 7.22. The lowest BCUT2D eigenvalue weighted by Gasteiger charge is -2.23. The van der Waals surface area contributed by atoms with Gasteiger partial charge in [0, 0.05) is 5.56 Å². The predicted octanol–water partition coefficient (Wildman–Crippen LogP) is 5.80. The number of carbonyl (C=O) groups excluding carboxylic acids is 2. The first-order chi connectivity index (χ1) is 16.9. The maximum atomic E-state index is 13.4. The molecule has 1 aliphatic rings. The summed E-state index contributed by atoms with van der Waals surface area (Å²) >= 11 is 1.36. The summed E-state index contributed by atoms with van der Waals surface area (Å²) in [6, 6.07) is 19.5. The Hall–Kier alpha value is -3.97. The van der Waals surface area contributed by atoms with Gasteiger partial charge in [0.2, 0.25) is 0 Å². The zero-order valence-corrected chi connectivity index (χ0v) is 20.4. The Morgan fingerprint density at radius 1 is 1.06 bits per heavy atom. The lowest BCUT2D eigenvalue weighted by Crippen LogP contribution is -2.29. The van der Waals surface area contributed by atoms with Crippen LogP contribution in [0.3, 0.4) is 0 Å². The van der Waals surface area contributed by atoms with Crippen molar-refractivity contribution in [3.63, 3.8) is 0 Å². The summed E-state index contributed by atoms with van der Waals surface area (Å²) in [5.41, 5.74) is 4.14. The number of ether oxygens (including phenoxy) is 1. The van der Waals surface area contributed by atoms with Gasteiger partial charge in [-0.3, -0.25) is 14.5 Å². The summed E-state index contributed by atoms with van der Waals surface area (Å²) in [5, 5.41) is 11.7. The quantitative estimate of drug-likeness (QED) is 0.220. The fourth-order valence-corrected chi connectivity index (χ4v) is 5.33. The zero-order chi connectivity index (χ0) is 24.7. The molecule has 4 aromatic rings. The lowest BCUT2D eigenvalue weighted by atomic mass is 9.95. The smallest absolute Gasteiger partial charge is 0.301 e. The average Bonchev–Trinajstić information content (AvgIpc) is 3.41. The van der Waals surface area contributed by atoms with E-state index in [0.29, 0.717) is 22.0 Å². The summed E-state index contributed by atoms with van der Waals surface area (Å²) < 4.78 is 6.22. The Morgan fingerprint density at radius 3 is 2.43 bits per heavy atom. The topological polar surface area (TPSA) is 79.7 Å². The Bertz CT molecular complexity index is 1470. The number of Topliss-reactive ketones (excluding diaryl/α,β-unsaturated/α-hetero) is 1. The van der Waals surface area contributed by atoms with Gasteiger partial charge in [0.05, 0.1) is 28.9 Å². The number of rotatable bonds is 5. The standard InChI is InChI=1S/C28H24N2O4S/c1-4-17-7-14-21-22(15-17)35-28(29-21)30-24(18-10-12-20(34-3)13-11-18)23(26(32)27(30)33)25(31)19-8-5-16(2)6-9-19/h5-15,24,31H,4H2,1-3H3/b25-23+/t24-/m1/s1. The Kier molecular flexibility index (Phi) is 5.86. The van der Waals surface area contributed by atoms with E-state index in [1.54, 1.807) is 43.5 Å². The average molecular weight is 485 g/mol. The van der Waals surface area contributed by atoms with E-state index in [4.69, 9.17) is 4.74 Å². The molecule has 7 heteroatoms. The van der Waals surface area contributed by atoms with Crippen molar-refractivity contribution in [2.24, 2.45) is 0 Å². The molecule has 176 valence electrons. The molecule has 0 spiro atoms. The fraction of sp³-hybridized carbons (Fsp3) is 0.179. The van der Waals surface area contributed by atoms with Crippen molar-refractivity contribution in [2.75, 3.05) is 12.0 Å². The van der Waals surface area contributed by atoms with Crippen molar-refractivity contribution in [2.45, 2.75) is 26.3 Å². The van der Waals surface area contributed by atoms with Gasteiger partial charge in [0.25, 0.3) is 5.78 Å². The van der Waals surface area contributed by atoms with E-state index < -0.39 is 17.7 Å². The highest BCUT2D eigenvalue weighted by atomic mass is 32.1. The van der Waals surface area contributed by atoms with E-state index in [2.05, 4.69) is 18.0 Å². The molecule has 0 unspecified atom stereocenters. The number of benzene rings is 3. The van der Waals surface area contributed by atoms with Gasteiger partial charge in [-0.1, -0.05) is 66.3 Å². The summed E-state index contributed by atoms with van der Waals surface area (Å²) in [6.45, 7) is 4.02. The lowest BCUT2D eigenvalue weighted by molar-refractivity contribution is -0.132. The van der Waals surface area contributed by atoms with E-state index in [0.717, 1.165) is 22.2 Å². The first-order valence-electron chi connectivity index (χ1n) is 11.3. The number of aromatic nitrogens is 1. The van der Waals surface area contributed by atoms with Crippen molar-refractivity contribution in [1.29, 1.82) is 0 Å². The van der Waals surface area contributed by atoms with E-state index >= 15 is 0 Å². The fourth-order valence-electron chi connectivity index (χ4n) is 4.28. The molecule has 1 atom stereocenters. The molecule has 1 N–H and O–H groups in total. The second-order valence-corrected chi connectivity index (χ2v) is 9.47. The number of methoxy groups -OCH3 is 1. The molecule has 5 rings (SSSR count). The van der Waals surface area contributed by atoms with Gasteiger partial charge >= 0.3 is 5.91 Å². The summed E-state index contributed by atoms with van der Waals surface area (Å²) in [6.07, 6.45) is 0.885. The monoisotopic (exact) mass is 484 g/mol. The number of amides is 1. The second-order valence-electron chi connectivity index (χ2n) is 8.46. The number of carbonyl (C=O) groups is 2. The van der Waals surface area contributed by atoms with Gasteiger partial charge in [-0.15, -0.1) is 0 Å². The van der Waals surface area contributed by atoms with Crippen LogP contribution in [0, 0.1) is 6.92 Å². The minimum Gasteiger partial charge on any atom is -0.507 e. The highest BCUT2D eigenvalue weighted by Gasteiger charge is 2.48. The molecule has 0 radical (unpaired) electrons. The Labute approximate surface area is 207 Å². The van der Waals surface area contributed by atoms with Crippen molar-refractivity contribution >= 4 is 44.1 Å². The summed E-state index contributed by atoms with van der Waals surface area (Å²) in [7, 11) is 1.57. The van der Waals surface area contributed by atoms with Crippen molar-refractivity contribution in [3.05, 3.63) is 94.6 Å². The van der Waals surface area contributed by atoms with Gasteiger partial charge in [0.15, 0.2) is 5.13 Å². The van der Waals surface area contributed by atoms with Gasteiger partial charge < -0.3 is 9.84 Å². The number of thiazole rings is 1. The van der Waals surface area contributed by atoms with E-state index in [1.807, 2.05) is 31.2 Å². The van der Waals surface area contributed by atoms with Crippen LogP contribution in [0.2, 0.25) is 0 Å². The first kappa shape index (κ1) is 22.8. The van der Waals surface area contributed by atoms with Crippen LogP contribution in [-0.2, 0) is 16.0 Å². The third-order valence-corrected chi connectivity index (χ3v) is 7.27. The number of ketones is 1. The van der Waals surface area contributed by atoms with Gasteiger partial charge in [0.1, 0.15) is 11.5 Å². The molecule has 1 aromatic heterocycles. The van der Waals surface area contributed by atoms with Crippen molar-refractivity contribution in [3.8, 4) is 5.75 Å². The van der Waals surface area contributed by atoms with Crippen molar-refractivity contribution < 1.29 is 19.4 Å². The maximum Gasteiger partial charge on any atom is 0.301 e. The van der Waals surface area contributed by atoms with Gasteiger partial charge in [-0.25, -0.2) is 4.98 Å². The molecule has 1 fully saturated rings. The Morgan fingerprint density at radius 2 is 1.77 bits per heavy atom. The molecule has 6 nitrogen and oxygen atoms in total. The van der Waals surface area contributed by atoms with Crippen LogP contribution in [0.25, 0.3) is 16.0 Å². The highest BCUT2D eigenvalue weighted by Crippen LogP contribution is 2.44. The minimum absolute atomic E-state index is 0.0394. The summed E-state index contributed by atoms with van der Waals surface area (Å²) in [5.74, 6) is -1.01. The van der Waals surface area contributed by atoms with Crippen LogP contribution in [0.5, 0.6) is 5.75 Å². The molecule has 35 heavy (non-hydrogen) atoms. The van der Waals surface area contributed by atoms with Crippen LogP contribution in [0.1, 0.15) is 35.2 Å². The summed E-state index contributed by atoms with van der Waals surface area (Å²) in [4.78, 5) is 32.8.